The van der Waals surface area contributed by atoms with Crippen molar-refractivity contribution in [3.63, 3.8) is 0 Å². The summed E-state index contributed by atoms with van der Waals surface area (Å²) in [5, 5.41) is 2.77. The van der Waals surface area contributed by atoms with E-state index >= 15 is 0 Å². The highest BCUT2D eigenvalue weighted by Gasteiger charge is 2.41. The van der Waals surface area contributed by atoms with Gasteiger partial charge in [0.15, 0.2) is 0 Å². The van der Waals surface area contributed by atoms with Crippen LogP contribution in [-0.2, 0) is 4.79 Å². The molecule has 0 bridgehead atoms. The van der Waals surface area contributed by atoms with E-state index in [9.17, 15) is 18.0 Å². The maximum Gasteiger partial charge on any atom is 0.391 e. The van der Waals surface area contributed by atoms with Crippen molar-refractivity contribution in [3.05, 3.63) is 0 Å². The molecule has 0 radical (unpaired) electrons. The van der Waals surface area contributed by atoms with Gasteiger partial charge in [0.2, 0.25) is 5.91 Å². The number of alkyl halides is 3. The molecule has 0 aromatic carbocycles. The van der Waals surface area contributed by atoms with Gasteiger partial charge in [0.25, 0.3) is 0 Å². The second-order valence-corrected chi connectivity index (χ2v) is 6.44. The first-order valence-electron chi connectivity index (χ1n) is 6.64. The average Bonchev–Trinajstić information content (AvgIpc) is 2.26. The molecular formula is C13H23F3N2O. The quantitative estimate of drug-likeness (QED) is 0.817. The monoisotopic (exact) mass is 280 g/mol. The molecule has 0 aromatic rings. The van der Waals surface area contributed by atoms with Gasteiger partial charge in [-0.1, -0.05) is 20.8 Å². The minimum Gasteiger partial charge on any atom is -0.352 e. The van der Waals surface area contributed by atoms with Crippen LogP contribution >= 0.6 is 0 Å². The predicted octanol–water partition coefficient (Wildman–Crippen LogP) is 2.60. The standard InChI is InChI=1S/C13H23F3N2O/c1-12(2,3)10(17)11(19)18-9-6-4-8(5-7-9)13(14,15)16/h8-10H,4-7,17H2,1-3H3,(H,18,19). The molecule has 0 aliphatic heterocycles. The van der Waals surface area contributed by atoms with E-state index in [4.69, 9.17) is 5.73 Å². The fraction of sp³-hybridized carbons (Fsp3) is 0.923. The molecular weight excluding hydrogens is 257 g/mol. The zero-order valence-electron chi connectivity index (χ0n) is 11.7. The zero-order chi connectivity index (χ0) is 14.8. The van der Waals surface area contributed by atoms with Crippen molar-refractivity contribution in [2.75, 3.05) is 0 Å². The van der Waals surface area contributed by atoms with E-state index in [-0.39, 0.29) is 30.2 Å². The van der Waals surface area contributed by atoms with Gasteiger partial charge in [-0.25, -0.2) is 0 Å². The SMILES string of the molecule is CC(C)(C)C(N)C(=O)NC1CCC(C(F)(F)F)CC1. The van der Waals surface area contributed by atoms with Crippen molar-refractivity contribution in [3.8, 4) is 0 Å². The van der Waals surface area contributed by atoms with Gasteiger partial charge in [-0.3, -0.25) is 4.79 Å². The lowest BCUT2D eigenvalue weighted by atomic mass is 9.84. The van der Waals surface area contributed by atoms with Gasteiger partial charge in [-0.15, -0.1) is 0 Å². The van der Waals surface area contributed by atoms with E-state index in [1.165, 1.54) is 0 Å². The van der Waals surface area contributed by atoms with Crippen LogP contribution in [0.1, 0.15) is 46.5 Å². The Morgan fingerprint density at radius 2 is 1.63 bits per heavy atom. The Labute approximate surface area is 112 Å². The fourth-order valence-corrected chi connectivity index (χ4v) is 2.25. The summed E-state index contributed by atoms with van der Waals surface area (Å²) >= 11 is 0. The van der Waals surface area contributed by atoms with Crippen molar-refractivity contribution in [1.82, 2.24) is 5.32 Å². The Kier molecular flexibility index (Phi) is 4.87. The summed E-state index contributed by atoms with van der Waals surface area (Å²) < 4.78 is 37.5. The minimum absolute atomic E-state index is 0.0825. The minimum atomic E-state index is -4.11. The molecule has 1 rings (SSSR count). The first-order chi connectivity index (χ1) is 8.51. The summed E-state index contributed by atoms with van der Waals surface area (Å²) in [7, 11) is 0. The van der Waals surface area contributed by atoms with Crippen molar-refractivity contribution < 1.29 is 18.0 Å². The lowest BCUT2D eigenvalue weighted by molar-refractivity contribution is -0.182. The molecule has 1 aliphatic carbocycles. The Hall–Kier alpha value is -0.780. The number of amides is 1. The smallest absolute Gasteiger partial charge is 0.352 e. The maximum atomic E-state index is 12.5. The van der Waals surface area contributed by atoms with Crippen LogP contribution in [-0.4, -0.2) is 24.2 Å². The van der Waals surface area contributed by atoms with Crippen LogP contribution in [0.15, 0.2) is 0 Å². The molecule has 1 atom stereocenters. The molecule has 3 N–H and O–H groups in total. The fourth-order valence-electron chi connectivity index (χ4n) is 2.25. The first kappa shape index (κ1) is 16.3. The van der Waals surface area contributed by atoms with Gasteiger partial charge in [0.05, 0.1) is 12.0 Å². The van der Waals surface area contributed by atoms with Gasteiger partial charge in [0, 0.05) is 6.04 Å². The summed E-state index contributed by atoms with van der Waals surface area (Å²) in [6.45, 7) is 5.58. The average molecular weight is 280 g/mol. The summed E-state index contributed by atoms with van der Waals surface area (Å²) in [6.07, 6.45) is -3.21. The van der Waals surface area contributed by atoms with Crippen molar-refractivity contribution in [1.29, 1.82) is 0 Å². The van der Waals surface area contributed by atoms with Gasteiger partial charge < -0.3 is 11.1 Å². The molecule has 0 heterocycles. The molecule has 112 valence electrons. The molecule has 1 fully saturated rings. The number of hydrogen-bond donors (Lipinski definition) is 2. The third-order valence-electron chi connectivity index (χ3n) is 3.75. The molecule has 1 amide bonds. The number of halogens is 3. The van der Waals surface area contributed by atoms with Gasteiger partial charge in [-0.2, -0.15) is 13.2 Å². The molecule has 0 saturated heterocycles. The summed E-state index contributed by atoms with van der Waals surface area (Å²) in [5.41, 5.74) is 5.46. The van der Waals surface area contributed by atoms with Crippen molar-refractivity contribution in [2.24, 2.45) is 17.1 Å². The van der Waals surface area contributed by atoms with E-state index in [1.54, 1.807) is 0 Å². The van der Waals surface area contributed by atoms with Crippen molar-refractivity contribution in [2.45, 2.75) is 64.7 Å². The highest BCUT2D eigenvalue weighted by atomic mass is 19.4. The predicted molar refractivity (Wildman–Crippen MR) is 67.4 cm³/mol. The van der Waals surface area contributed by atoms with Crippen LogP contribution in [0.4, 0.5) is 13.2 Å². The normalized spacial score (nSPS) is 26.9. The maximum absolute atomic E-state index is 12.5. The topological polar surface area (TPSA) is 55.1 Å². The molecule has 0 spiro atoms. The number of rotatable bonds is 2. The van der Waals surface area contributed by atoms with Crippen LogP contribution in [0, 0.1) is 11.3 Å². The van der Waals surface area contributed by atoms with E-state index in [2.05, 4.69) is 5.32 Å². The third-order valence-corrected chi connectivity index (χ3v) is 3.75. The van der Waals surface area contributed by atoms with Gasteiger partial charge >= 0.3 is 6.18 Å². The Morgan fingerprint density at radius 3 is 2.00 bits per heavy atom. The molecule has 0 aromatic heterocycles. The van der Waals surface area contributed by atoms with Crippen LogP contribution in [0.5, 0.6) is 0 Å². The van der Waals surface area contributed by atoms with Crippen molar-refractivity contribution >= 4 is 5.91 Å². The molecule has 1 saturated carbocycles. The summed E-state index contributed by atoms with van der Waals surface area (Å²) in [4.78, 5) is 11.9. The summed E-state index contributed by atoms with van der Waals surface area (Å²) in [5.74, 6) is -1.50. The highest BCUT2D eigenvalue weighted by molar-refractivity contribution is 5.82. The Morgan fingerprint density at radius 1 is 1.16 bits per heavy atom. The first-order valence-corrected chi connectivity index (χ1v) is 6.64. The van der Waals surface area contributed by atoms with E-state index < -0.39 is 18.1 Å². The van der Waals surface area contributed by atoms with Crippen LogP contribution < -0.4 is 11.1 Å². The second kappa shape index (κ2) is 5.69. The van der Waals surface area contributed by atoms with Crippen LogP contribution in [0.25, 0.3) is 0 Å². The molecule has 1 unspecified atom stereocenters. The molecule has 3 nitrogen and oxygen atoms in total. The molecule has 1 aliphatic rings. The largest absolute Gasteiger partial charge is 0.391 e. The lowest BCUT2D eigenvalue weighted by Gasteiger charge is -2.32. The zero-order valence-corrected chi connectivity index (χ0v) is 11.7. The highest BCUT2D eigenvalue weighted by Crippen LogP contribution is 2.37. The molecule has 6 heteroatoms. The van der Waals surface area contributed by atoms with E-state index in [1.807, 2.05) is 20.8 Å². The van der Waals surface area contributed by atoms with E-state index in [0.29, 0.717) is 12.8 Å². The van der Waals surface area contributed by atoms with Crippen LogP contribution in [0.2, 0.25) is 0 Å². The second-order valence-electron chi connectivity index (χ2n) is 6.44. The Balaban J connectivity index is 2.44. The number of hydrogen-bond acceptors (Lipinski definition) is 2. The van der Waals surface area contributed by atoms with Gasteiger partial charge in [0.1, 0.15) is 0 Å². The Bertz CT molecular complexity index is 315. The molecule has 19 heavy (non-hydrogen) atoms. The number of carbonyl (C=O) groups is 1. The van der Waals surface area contributed by atoms with Gasteiger partial charge in [-0.05, 0) is 31.1 Å². The number of carbonyl (C=O) groups excluding carboxylic acids is 1. The summed E-state index contributed by atoms with van der Waals surface area (Å²) in [6, 6.07) is -0.827. The van der Waals surface area contributed by atoms with E-state index in [0.717, 1.165) is 0 Å². The number of nitrogens with one attached hydrogen (secondary N) is 1. The number of nitrogens with two attached hydrogens (primary N) is 1. The lowest BCUT2D eigenvalue weighted by Crippen LogP contribution is -2.52. The third kappa shape index (κ3) is 4.67. The van der Waals surface area contributed by atoms with Crippen LogP contribution in [0.3, 0.4) is 0 Å².